The molecule has 0 saturated carbocycles. The summed E-state index contributed by atoms with van der Waals surface area (Å²) in [5, 5.41) is 24.4. The van der Waals surface area contributed by atoms with Crippen molar-refractivity contribution in [3.05, 3.63) is 27.8 Å². The van der Waals surface area contributed by atoms with Crippen LogP contribution in [0.5, 0.6) is 0 Å². The Morgan fingerprint density at radius 1 is 1.15 bits per heavy atom. The zero-order valence-corrected chi connectivity index (χ0v) is 10.6. The third-order valence-electron chi connectivity index (χ3n) is 2.15. The maximum absolute atomic E-state index is 11.1. The van der Waals surface area contributed by atoms with E-state index in [1.54, 1.807) is 0 Å². The lowest BCUT2D eigenvalue weighted by atomic mass is 10.1. The van der Waals surface area contributed by atoms with Gasteiger partial charge in [-0.05, 0) is 12.1 Å². The van der Waals surface area contributed by atoms with Crippen LogP contribution in [0, 0.1) is 10.1 Å². The number of hydrogen-bond donors (Lipinski definition) is 3. The molecule has 1 rings (SSSR count). The normalized spacial score (nSPS) is 9.70. The molecule has 0 bridgehead atoms. The Hall–Kier alpha value is -2.97. The highest BCUT2D eigenvalue weighted by molar-refractivity contribution is 6.02. The zero-order chi connectivity index (χ0) is 15.4. The molecule has 0 saturated heterocycles. The Bertz CT molecular complexity index is 610. The van der Waals surface area contributed by atoms with Crippen LogP contribution < -0.4 is 10.6 Å². The van der Waals surface area contributed by atoms with Crippen LogP contribution in [0.25, 0.3) is 0 Å². The number of carboxylic acid groups (broad SMARTS) is 1. The number of anilines is 2. The second-order valence-corrected chi connectivity index (χ2v) is 3.84. The second kappa shape index (κ2) is 5.78. The fraction of sp³-hybridized carbons (Fsp3) is 0.182. The molecule has 3 N–H and O–H groups in total. The van der Waals surface area contributed by atoms with Crippen LogP contribution >= 0.6 is 0 Å². The molecule has 0 spiro atoms. The summed E-state index contributed by atoms with van der Waals surface area (Å²) in [5.41, 5.74) is -1.65. The first-order valence-corrected chi connectivity index (χ1v) is 5.33. The van der Waals surface area contributed by atoms with E-state index in [4.69, 9.17) is 5.11 Å². The van der Waals surface area contributed by atoms with Gasteiger partial charge in [-0.15, -0.1) is 0 Å². The van der Waals surface area contributed by atoms with Gasteiger partial charge in [0.2, 0.25) is 11.8 Å². The predicted octanol–water partition coefficient (Wildman–Crippen LogP) is 1.21. The molecule has 0 fully saturated rings. The largest absolute Gasteiger partial charge is 0.477 e. The van der Waals surface area contributed by atoms with E-state index in [-0.39, 0.29) is 11.4 Å². The van der Waals surface area contributed by atoms with Crippen molar-refractivity contribution >= 4 is 34.8 Å². The van der Waals surface area contributed by atoms with Crippen molar-refractivity contribution in [2.45, 2.75) is 13.8 Å². The Labute approximate surface area is 112 Å². The smallest absolute Gasteiger partial charge is 0.342 e. The molecule has 0 radical (unpaired) electrons. The lowest BCUT2D eigenvalue weighted by Crippen LogP contribution is -2.13. The maximum atomic E-state index is 11.1. The first kappa shape index (κ1) is 15.1. The van der Waals surface area contributed by atoms with Gasteiger partial charge in [-0.25, -0.2) is 4.79 Å². The van der Waals surface area contributed by atoms with Crippen molar-refractivity contribution in [3.63, 3.8) is 0 Å². The van der Waals surface area contributed by atoms with Crippen LogP contribution in [0.2, 0.25) is 0 Å². The number of carbonyl (C=O) groups excluding carboxylic acids is 2. The number of hydrogen-bond acceptors (Lipinski definition) is 5. The Balaban J connectivity index is 3.53. The lowest BCUT2D eigenvalue weighted by molar-refractivity contribution is -0.384. The third kappa shape index (κ3) is 3.51. The number of amides is 2. The average Bonchev–Trinajstić information content (AvgIpc) is 2.25. The van der Waals surface area contributed by atoms with Crippen LogP contribution in [0.15, 0.2) is 12.1 Å². The number of carboxylic acids is 1. The quantitative estimate of drug-likeness (QED) is 0.560. The highest BCUT2D eigenvalue weighted by Crippen LogP contribution is 2.32. The summed E-state index contributed by atoms with van der Waals surface area (Å²) < 4.78 is 0. The summed E-state index contributed by atoms with van der Waals surface area (Å²) in [4.78, 5) is 43.1. The maximum Gasteiger partial charge on any atom is 0.342 e. The highest BCUT2D eigenvalue weighted by Gasteiger charge is 2.26. The van der Waals surface area contributed by atoms with Gasteiger partial charge in [0.15, 0.2) is 0 Å². The zero-order valence-electron chi connectivity index (χ0n) is 10.6. The molecule has 0 aliphatic carbocycles. The van der Waals surface area contributed by atoms with E-state index in [1.807, 2.05) is 0 Å². The summed E-state index contributed by atoms with van der Waals surface area (Å²) in [6, 6.07) is 2.07. The molecular formula is C11H11N3O6. The van der Waals surface area contributed by atoms with Gasteiger partial charge in [0.25, 0.3) is 0 Å². The molecular weight excluding hydrogens is 270 g/mol. The Morgan fingerprint density at radius 2 is 1.70 bits per heavy atom. The van der Waals surface area contributed by atoms with Gasteiger partial charge in [-0.3, -0.25) is 19.7 Å². The van der Waals surface area contributed by atoms with Gasteiger partial charge in [0.1, 0.15) is 11.3 Å². The first-order chi connectivity index (χ1) is 9.22. The fourth-order valence-corrected chi connectivity index (χ4v) is 1.55. The molecule has 1 aromatic carbocycles. The second-order valence-electron chi connectivity index (χ2n) is 3.84. The molecule has 0 aliphatic heterocycles. The number of nitro groups is 1. The first-order valence-electron chi connectivity index (χ1n) is 5.33. The van der Waals surface area contributed by atoms with Crippen LogP contribution in [-0.4, -0.2) is 27.8 Å². The molecule has 0 aliphatic rings. The molecule has 0 aromatic heterocycles. The van der Waals surface area contributed by atoms with Gasteiger partial charge < -0.3 is 15.7 Å². The predicted molar refractivity (Wildman–Crippen MR) is 68.7 cm³/mol. The third-order valence-corrected chi connectivity index (χ3v) is 2.15. The van der Waals surface area contributed by atoms with E-state index in [0.717, 1.165) is 19.1 Å². The summed E-state index contributed by atoms with van der Waals surface area (Å²) in [5.74, 6) is -2.64. The molecule has 1 aromatic rings. The minimum Gasteiger partial charge on any atom is -0.477 e. The van der Waals surface area contributed by atoms with Crippen LogP contribution in [0.3, 0.4) is 0 Å². The van der Waals surface area contributed by atoms with Gasteiger partial charge in [-0.1, -0.05) is 0 Å². The minimum atomic E-state index is -1.55. The van der Waals surface area contributed by atoms with E-state index in [1.165, 1.54) is 6.92 Å². The molecule has 9 nitrogen and oxygen atoms in total. The minimum absolute atomic E-state index is 0.0317. The van der Waals surface area contributed by atoms with Crippen LogP contribution in [0.1, 0.15) is 24.2 Å². The van der Waals surface area contributed by atoms with Gasteiger partial charge >= 0.3 is 11.7 Å². The molecule has 106 valence electrons. The summed E-state index contributed by atoms with van der Waals surface area (Å²) in [6.45, 7) is 2.31. The molecule has 2 amide bonds. The van der Waals surface area contributed by atoms with E-state index in [2.05, 4.69) is 10.6 Å². The molecule has 0 atom stereocenters. The van der Waals surface area contributed by atoms with Gasteiger partial charge in [0.05, 0.1) is 4.92 Å². The van der Waals surface area contributed by atoms with E-state index >= 15 is 0 Å². The monoisotopic (exact) mass is 281 g/mol. The number of carbonyl (C=O) groups is 3. The number of rotatable bonds is 4. The van der Waals surface area contributed by atoms with E-state index in [9.17, 15) is 24.5 Å². The standard InChI is InChI=1S/C11H11N3O6/c1-5(15)12-7-3-8(11(17)18)10(14(19)20)9(4-7)13-6(2)16/h3-4H,1-2H3,(H,12,15)(H,13,16)(H,17,18). The van der Waals surface area contributed by atoms with Crippen molar-refractivity contribution in [2.24, 2.45) is 0 Å². The number of benzene rings is 1. The Kier molecular flexibility index (Phi) is 4.36. The summed E-state index contributed by atoms with van der Waals surface area (Å²) in [7, 11) is 0. The van der Waals surface area contributed by atoms with Crippen molar-refractivity contribution < 1.29 is 24.4 Å². The fourth-order valence-electron chi connectivity index (χ4n) is 1.55. The topological polar surface area (TPSA) is 139 Å². The molecule has 9 heteroatoms. The summed E-state index contributed by atoms with van der Waals surface area (Å²) in [6.07, 6.45) is 0. The molecule has 20 heavy (non-hydrogen) atoms. The number of nitro benzene ring substituents is 1. The number of nitrogens with zero attached hydrogens (tertiary/aromatic N) is 1. The van der Waals surface area contributed by atoms with Crippen molar-refractivity contribution in [1.82, 2.24) is 0 Å². The molecule has 0 unspecified atom stereocenters. The van der Waals surface area contributed by atoms with E-state index < -0.39 is 34.0 Å². The number of aromatic carboxylic acids is 1. The van der Waals surface area contributed by atoms with Gasteiger partial charge in [-0.2, -0.15) is 0 Å². The van der Waals surface area contributed by atoms with Crippen LogP contribution in [0.4, 0.5) is 17.1 Å². The van der Waals surface area contributed by atoms with Crippen molar-refractivity contribution in [3.8, 4) is 0 Å². The highest BCUT2D eigenvalue weighted by atomic mass is 16.6. The summed E-state index contributed by atoms with van der Waals surface area (Å²) >= 11 is 0. The van der Waals surface area contributed by atoms with E-state index in [0.29, 0.717) is 0 Å². The SMILES string of the molecule is CC(=O)Nc1cc(NC(C)=O)c([N+](=O)[O-])c(C(=O)O)c1. The van der Waals surface area contributed by atoms with Crippen molar-refractivity contribution in [2.75, 3.05) is 10.6 Å². The van der Waals surface area contributed by atoms with Crippen LogP contribution in [-0.2, 0) is 9.59 Å². The Morgan fingerprint density at radius 3 is 2.10 bits per heavy atom. The number of nitrogens with one attached hydrogen (secondary N) is 2. The van der Waals surface area contributed by atoms with Crippen molar-refractivity contribution in [1.29, 1.82) is 0 Å². The molecule has 0 heterocycles. The lowest BCUT2D eigenvalue weighted by Gasteiger charge is -2.10. The average molecular weight is 281 g/mol. The van der Waals surface area contributed by atoms with Gasteiger partial charge in [0, 0.05) is 19.5 Å².